The second-order valence-corrected chi connectivity index (χ2v) is 8.87. The Labute approximate surface area is 225 Å². The molecule has 9 heteroatoms. The highest BCUT2D eigenvalue weighted by molar-refractivity contribution is 6.03. The van der Waals surface area contributed by atoms with Gasteiger partial charge in [-0.25, -0.2) is 19.9 Å². The van der Waals surface area contributed by atoms with E-state index in [4.69, 9.17) is 0 Å². The van der Waals surface area contributed by atoms with Crippen molar-refractivity contribution < 1.29 is 0 Å². The van der Waals surface area contributed by atoms with Gasteiger partial charge in [-0.2, -0.15) is 0 Å². The lowest BCUT2D eigenvalue weighted by molar-refractivity contribution is 1.04. The number of nitrogens with zero attached hydrogens (tertiary/aromatic N) is 6. The number of hydrogen-bond donors (Lipinski definition) is 3. The minimum Gasteiger partial charge on any atom is -0.373 e. The van der Waals surface area contributed by atoms with E-state index in [-0.39, 0.29) is 0 Å². The van der Waals surface area contributed by atoms with E-state index in [2.05, 4.69) is 65.1 Å². The van der Waals surface area contributed by atoms with E-state index >= 15 is 0 Å². The maximum Gasteiger partial charge on any atom is 0.154 e. The van der Waals surface area contributed by atoms with Crippen molar-refractivity contribution in [2.24, 2.45) is 0 Å². The van der Waals surface area contributed by atoms with Gasteiger partial charge in [-0.05, 0) is 42.8 Å². The molecule has 0 unspecified atom stereocenters. The summed E-state index contributed by atoms with van der Waals surface area (Å²) >= 11 is 0. The minimum absolute atomic E-state index is 0.612. The molecule has 0 bridgehead atoms. The molecule has 2 aromatic carbocycles. The Kier molecular flexibility index (Phi) is 6.45. The van der Waals surface area contributed by atoms with E-state index in [1.54, 1.807) is 18.7 Å². The van der Waals surface area contributed by atoms with Gasteiger partial charge >= 0.3 is 0 Å². The standard InChI is InChI=1S/C30H25N9/c1-19-10-11-22-21(28(19)37-30-23(9-6-15-32-30)25-17-27(31-2)35-18-34-25)14-16-33-29(22)36-26-13-12-24(38-39-26)20-7-4-3-5-8-20/h3-18H,1-2H3,(H,32,37)(H,31,34,35)(H,33,36,39). The van der Waals surface area contributed by atoms with Crippen LogP contribution in [0, 0.1) is 6.92 Å². The van der Waals surface area contributed by atoms with Gasteiger partial charge in [0.2, 0.25) is 0 Å². The van der Waals surface area contributed by atoms with Crippen molar-refractivity contribution in [3.8, 4) is 22.5 Å². The van der Waals surface area contributed by atoms with Crippen molar-refractivity contribution in [2.45, 2.75) is 6.92 Å². The molecule has 0 saturated carbocycles. The lowest BCUT2D eigenvalue weighted by Crippen LogP contribution is -2.02. The van der Waals surface area contributed by atoms with Crippen LogP contribution in [0.1, 0.15) is 5.56 Å². The normalized spacial score (nSPS) is 10.8. The summed E-state index contributed by atoms with van der Waals surface area (Å²) in [4.78, 5) is 17.9. The fraction of sp³-hybridized carbons (Fsp3) is 0.0667. The van der Waals surface area contributed by atoms with Crippen LogP contribution in [0.5, 0.6) is 0 Å². The Balaban J connectivity index is 1.34. The predicted molar refractivity (Wildman–Crippen MR) is 155 cm³/mol. The molecule has 0 aliphatic heterocycles. The molecular formula is C30H25N9. The van der Waals surface area contributed by atoms with Gasteiger partial charge in [0.15, 0.2) is 5.82 Å². The maximum atomic E-state index is 4.64. The highest BCUT2D eigenvalue weighted by Crippen LogP contribution is 2.35. The summed E-state index contributed by atoms with van der Waals surface area (Å²) in [7, 11) is 1.83. The molecule has 39 heavy (non-hydrogen) atoms. The molecule has 0 fully saturated rings. The molecule has 0 amide bonds. The fourth-order valence-corrected chi connectivity index (χ4v) is 4.38. The van der Waals surface area contributed by atoms with E-state index in [0.29, 0.717) is 17.5 Å². The Bertz CT molecular complexity index is 1750. The topological polar surface area (TPSA) is 113 Å². The molecule has 6 aromatic rings. The first-order valence-electron chi connectivity index (χ1n) is 12.5. The number of aryl methyl sites for hydroxylation is 1. The van der Waals surface area contributed by atoms with Crippen LogP contribution in [-0.4, -0.2) is 37.2 Å². The molecule has 9 nitrogen and oxygen atoms in total. The molecule has 6 rings (SSSR count). The number of rotatable bonds is 7. The summed E-state index contributed by atoms with van der Waals surface area (Å²) in [5, 5.41) is 20.7. The number of benzene rings is 2. The van der Waals surface area contributed by atoms with Gasteiger partial charge in [-0.3, -0.25) is 0 Å². The van der Waals surface area contributed by atoms with Gasteiger partial charge < -0.3 is 16.0 Å². The van der Waals surface area contributed by atoms with Crippen LogP contribution in [-0.2, 0) is 0 Å². The third kappa shape index (κ3) is 4.93. The highest BCUT2D eigenvalue weighted by atomic mass is 15.2. The van der Waals surface area contributed by atoms with Crippen molar-refractivity contribution in [3.05, 3.63) is 103 Å². The lowest BCUT2D eigenvalue weighted by Gasteiger charge is -2.16. The summed E-state index contributed by atoms with van der Waals surface area (Å²) in [6.07, 6.45) is 5.09. The first-order valence-corrected chi connectivity index (χ1v) is 12.5. The Morgan fingerprint density at radius 2 is 1.49 bits per heavy atom. The van der Waals surface area contributed by atoms with Gasteiger partial charge in [0.1, 0.15) is 23.8 Å². The van der Waals surface area contributed by atoms with E-state index in [0.717, 1.165) is 50.4 Å². The fourth-order valence-electron chi connectivity index (χ4n) is 4.38. The largest absolute Gasteiger partial charge is 0.373 e. The van der Waals surface area contributed by atoms with Gasteiger partial charge in [0, 0.05) is 47.4 Å². The van der Waals surface area contributed by atoms with Crippen LogP contribution in [0.4, 0.5) is 29.0 Å². The third-order valence-corrected chi connectivity index (χ3v) is 6.38. The molecule has 0 atom stereocenters. The first-order chi connectivity index (χ1) is 19.2. The summed E-state index contributed by atoms with van der Waals surface area (Å²) in [5.74, 6) is 2.73. The van der Waals surface area contributed by atoms with Crippen molar-refractivity contribution in [3.63, 3.8) is 0 Å². The number of aromatic nitrogens is 6. The third-order valence-electron chi connectivity index (χ3n) is 6.38. The number of anilines is 5. The average Bonchev–Trinajstić information content (AvgIpc) is 3.00. The zero-order chi connectivity index (χ0) is 26.6. The lowest BCUT2D eigenvalue weighted by atomic mass is 10.0. The molecule has 3 N–H and O–H groups in total. The number of hydrogen-bond acceptors (Lipinski definition) is 9. The highest BCUT2D eigenvalue weighted by Gasteiger charge is 2.14. The maximum absolute atomic E-state index is 4.64. The van der Waals surface area contributed by atoms with Crippen LogP contribution < -0.4 is 16.0 Å². The molecule has 0 saturated heterocycles. The molecular weight excluding hydrogens is 486 g/mol. The summed E-state index contributed by atoms with van der Waals surface area (Å²) in [5.41, 5.74) is 5.47. The minimum atomic E-state index is 0.612. The van der Waals surface area contributed by atoms with E-state index in [1.165, 1.54) is 0 Å². The second kappa shape index (κ2) is 10.5. The van der Waals surface area contributed by atoms with Crippen LogP contribution in [0.3, 0.4) is 0 Å². The quantitative estimate of drug-likeness (QED) is 0.225. The average molecular weight is 512 g/mol. The Hall–Kier alpha value is -5.44. The van der Waals surface area contributed by atoms with Crippen LogP contribution in [0.15, 0.2) is 97.6 Å². The van der Waals surface area contributed by atoms with Crippen molar-refractivity contribution >= 4 is 39.7 Å². The zero-order valence-electron chi connectivity index (χ0n) is 21.4. The van der Waals surface area contributed by atoms with Gasteiger partial charge in [-0.15, -0.1) is 10.2 Å². The Morgan fingerprint density at radius 1 is 0.615 bits per heavy atom. The van der Waals surface area contributed by atoms with Gasteiger partial charge in [-0.1, -0.05) is 42.5 Å². The van der Waals surface area contributed by atoms with E-state index in [1.807, 2.05) is 73.8 Å². The van der Waals surface area contributed by atoms with Crippen molar-refractivity contribution in [2.75, 3.05) is 23.0 Å². The summed E-state index contributed by atoms with van der Waals surface area (Å²) in [6.45, 7) is 2.06. The number of fused-ring (bicyclic) bond motifs is 1. The van der Waals surface area contributed by atoms with E-state index in [9.17, 15) is 0 Å². The molecule has 0 spiro atoms. The van der Waals surface area contributed by atoms with Gasteiger partial charge in [0.25, 0.3) is 0 Å². The van der Waals surface area contributed by atoms with Crippen LogP contribution in [0.2, 0.25) is 0 Å². The molecule has 190 valence electrons. The molecule has 0 aliphatic carbocycles. The summed E-state index contributed by atoms with van der Waals surface area (Å²) < 4.78 is 0. The monoisotopic (exact) mass is 511 g/mol. The second-order valence-electron chi connectivity index (χ2n) is 8.87. The van der Waals surface area contributed by atoms with Crippen molar-refractivity contribution in [1.82, 2.24) is 30.1 Å². The SMILES string of the molecule is CNc1cc(-c2cccnc2Nc2c(C)ccc3c(Nc4ccc(-c5ccccc5)nn4)nccc23)ncn1. The molecule has 0 radical (unpaired) electrons. The van der Waals surface area contributed by atoms with E-state index < -0.39 is 0 Å². The number of nitrogens with one attached hydrogen (secondary N) is 3. The molecule has 0 aliphatic rings. The predicted octanol–water partition coefficient (Wildman–Crippen LogP) is 6.38. The van der Waals surface area contributed by atoms with Crippen molar-refractivity contribution in [1.29, 1.82) is 0 Å². The molecule has 4 heterocycles. The van der Waals surface area contributed by atoms with Gasteiger partial charge in [0.05, 0.1) is 17.1 Å². The first kappa shape index (κ1) is 23.9. The molecule has 4 aromatic heterocycles. The van der Waals surface area contributed by atoms with Crippen LogP contribution in [0.25, 0.3) is 33.3 Å². The number of pyridine rings is 2. The smallest absolute Gasteiger partial charge is 0.154 e. The Morgan fingerprint density at radius 3 is 2.31 bits per heavy atom. The zero-order valence-corrected chi connectivity index (χ0v) is 21.4. The van der Waals surface area contributed by atoms with Crippen LogP contribution >= 0.6 is 0 Å². The summed E-state index contributed by atoms with van der Waals surface area (Å²) in [6, 6.07) is 25.7.